The van der Waals surface area contributed by atoms with E-state index in [0.717, 1.165) is 5.56 Å². The monoisotopic (exact) mass is 163 g/mol. The number of pyridine rings is 1. The lowest BCUT2D eigenvalue weighted by Gasteiger charge is -1.96. The summed E-state index contributed by atoms with van der Waals surface area (Å²) in [7, 11) is 0. The van der Waals surface area contributed by atoms with Crippen LogP contribution in [0.5, 0.6) is 0 Å². The molecule has 1 heterocycles. The van der Waals surface area contributed by atoms with E-state index in [0.29, 0.717) is 6.42 Å². The second kappa shape index (κ2) is 3.67. The number of hydrogen-bond donors (Lipinski definition) is 1. The first-order valence-corrected chi connectivity index (χ1v) is 3.52. The van der Waals surface area contributed by atoms with Crippen molar-refractivity contribution in [2.75, 3.05) is 0 Å². The zero-order chi connectivity index (χ0) is 8.97. The number of rotatable bonds is 3. The molecular weight excluding hydrogens is 154 g/mol. The van der Waals surface area contributed by atoms with Gasteiger partial charge in [-0.25, -0.2) is 4.79 Å². The van der Waals surface area contributed by atoms with Crippen molar-refractivity contribution in [2.24, 2.45) is 0 Å². The number of hydrogen-bond acceptors (Lipinski definition) is 2. The van der Waals surface area contributed by atoms with Crippen molar-refractivity contribution < 1.29 is 9.90 Å². The van der Waals surface area contributed by atoms with Gasteiger partial charge in [0.05, 0.1) is 5.56 Å². The summed E-state index contributed by atoms with van der Waals surface area (Å²) in [5.41, 5.74) is 1.08. The van der Waals surface area contributed by atoms with Crippen LogP contribution >= 0.6 is 0 Å². The largest absolute Gasteiger partial charge is 0.478 e. The molecule has 0 radical (unpaired) electrons. The molecule has 3 heteroatoms. The van der Waals surface area contributed by atoms with Gasteiger partial charge in [-0.05, 0) is 18.1 Å². The highest BCUT2D eigenvalue weighted by Crippen LogP contribution is 2.03. The molecular formula is C9H9NO2. The first kappa shape index (κ1) is 8.46. The van der Waals surface area contributed by atoms with Crippen LogP contribution in [0.4, 0.5) is 0 Å². The summed E-state index contributed by atoms with van der Waals surface area (Å²) in [6.45, 7) is 3.56. The van der Waals surface area contributed by atoms with Crippen molar-refractivity contribution in [1.29, 1.82) is 0 Å². The molecule has 1 aromatic heterocycles. The van der Waals surface area contributed by atoms with E-state index in [2.05, 4.69) is 11.6 Å². The van der Waals surface area contributed by atoms with Gasteiger partial charge in [-0.2, -0.15) is 0 Å². The summed E-state index contributed by atoms with van der Waals surface area (Å²) in [6.07, 6.45) is 5.32. The predicted molar refractivity (Wildman–Crippen MR) is 45.1 cm³/mol. The maximum atomic E-state index is 10.5. The molecule has 0 aliphatic heterocycles. The summed E-state index contributed by atoms with van der Waals surface area (Å²) in [5.74, 6) is -0.951. The number of carbonyl (C=O) groups is 1. The van der Waals surface area contributed by atoms with Gasteiger partial charge in [0.1, 0.15) is 0 Å². The molecule has 0 saturated heterocycles. The Morgan fingerprint density at radius 2 is 2.42 bits per heavy atom. The van der Waals surface area contributed by atoms with Crippen LogP contribution in [0.15, 0.2) is 31.1 Å². The number of carboxylic acids is 1. The number of nitrogens with zero attached hydrogens (tertiary/aromatic N) is 1. The second-order valence-electron chi connectivity index (χ2n) is 2.38. The Morgan fingerprint density at radius 3 is 3.00 bits per heavy atom. The molecule has 62 valence electrons. The van der Waals surface area contributed by atoms with Crippen LogP contribution in [-0.2, 0) is 6.42 Å². The van der Waals surface area contributed by atoms with Gasteiger partial charge in [-0.3, -0.25) is 4.98 Å². The molecule has 0 aliphatic carbocycles. The average Bonchev–Trinajstić information content (AvgIpc) is 2.05. The third kappa shape index (κ3) is 1.92. The molecule has 1 aromatic rings. The fraction of sp³-hybridized carbons (Fsp3) is 0.111. The topological polar surface area (TPSA) is 50.2 Å². The summed E-state index contributed by atoms with van der Waals surface area (Å²) in [4.78, 5) is 14.3. The zero-order valence-corrected chi connectivity index (χ0v) is 6.53. The fourth-order valence-corrected chi connectivity index (χ4v) is 0.883. The van der Waals surface area contributed by atoms with Crippen molar-refractivity contribution in [3.63, 3.8) is 0 Å². The quantitative estimate of drug-likeness (QED) is 0.687. The molecule has 0 saturated carbocycles. The molecule has 0 fully saturated rings. The predicted octanol–water partition coefficient (Wildman–Crippen LogP) is 1.51. The summed E-state index contributed by atoms with van der Waals surface area (Å²) in [5, 5.41) is 8.61. The zero-order valence-electron chi connectivity index (χ0n) is 6.53. The van der Waals surface area contributed by atoms with Gasteiger partial charge in [0.2, 0.25) is 0 Å². The second-order valence-corrected chi connectivity index (χ2v) is 2.38. The fourth-order valence-electron chi connectivity index (χ4n) is 0.883. The van der Waals surface area contributed by atoms with Crippen molar-refractivity contribution >= 4 is 5.97 Å². The smallest absolute Gasteiger partial charge is 0.337 e. The molecule has 0 unspecified atom stereocenters. The number of aromatic nitrogens is 1. The summed E-state index contributed by atoms with van der Waals surface area (Å²) < 4.78 is 0. The maximum absolute atomic E-state index is 10.5. The highest BCUT2D eigenvalue weighted by Gasteiger charge is 2.02. The molecule has 0 atom stereocenters. The van der Waals surface area contributed by atoms with Gasteiger partial charge >= 0.3 is 5.97 Å². The molecule has 0 aromatic carbocycles. The lowest BCUT2D eigenvalue weighted by Crippen LogP contribution is -1.98. The molecule has 1 N–H and O–H groups in total. The standard InChI is InChI=1S/C9H9NO2/c1-2-3-7-4-8(9(11)12)6-10-5-7/h2,4-6H,1,3H2,(H,11,12). The van der Waals surface area contributed by atoms with E-state index < -0.39 is 5.97 Å². The van der Waals surface area contributed by atoms with E-state index in [1.165, 1.54) is 6.20 Å². The van der Waals surface area contributed by atoms with Crippen molar-refractivity contribution in [3.8, 4) is 0 Å². The molecule has 0 aliphatic rings. The Hall–Kier alpha value is -1.64. The van der Waals surface area contributed by atoms with E-state index >= 15 is 0 Å². The molecule has 0 bridgehead atoms. The summed E-state index contributed by atoms with van der Waals surface area (Å²) >= 11 is 0. The van der Waals surface area contributed by atoms with E-state index in [4.69, 9.17) is 5.11 Å². The minimum absolute atomic E-state index is 0.217. The van der Waals surface area contributed by atoms with E-state index in [-0.39, 0.29) is 5.56 Å². The van der Waals surface area contributed by atoms with Crippen LogP contribution in [0.1, 0.15) is 15.9 Å². The van der Waals surface area contributed by atoms with Crippen molar-refractivity contribution in [3.05, 3.63) is 42.2 Å². The van der Waals surface area contributed by atoms with Crippen molar-refractivity contribution in [1.82, 2.24) is 4.98 Å². The van der Waals surface area contributed by atoms with Crippen molar-refractivity contribution in [2.45, 2.75) is 6.42 Å². The molecule has 3 nitrogen and oxygen atoms in total. The van der Waals surface area contributed by atoms with E-state index in [1.54, 1.807) is 18.3 Å². The van der Waals surface area contributed by atoms with Gasteiger partial charge in [0.25, 0.3) is 0 Å². The Balaban J connectivity index is 2.95. The van der Waals surface area contributed by atoms with Crippen LogP contribution in [0.25, 0.3) is 0 Å². The highest BCUT2D eigenvalue weighted by atomic mass is 16.4. The Morgan fingerprint density at radius 1 is 1.67 bits per heavy atom. The Bertz CT molecular complexity index is 307. The average molecular weight is 163 g/mol. The van der Waals surface area contributed by atoms with Gasteiger partial charge in [-0.1, -0.05) is 6.08 Å². The first-order chi connectivity index (χ1) is 5.74. The maximum Gasteiger partial charge on any atom is 0.337 e. The van der Waals surface area contributed by atoms with Gasteiger partial charge < -0.3 is 5.11 Å². The normalized spacial score (nSPS) is 9.33. The number of aromatic carboxylic acids is 1. The number of carboxylic acid groups (broad SMARTS) is 1. The SMILES string of the molecule is C=CCc1cncc(C(=O)O)c1. The minimum atomic E-state index is -0.951. The van der Waals surface area contributed by atoms with Gasteiger partial charge in [-0.15, -0.1) is 6.58 Å². The Labute approximate surface area is 70.4 Å². The van der Waals surface area contributed by atoms with Crippen LogP contribution in [0.3, 0.4) is 0 Å². The summed E-state index contributed by atoms with van der Waals surface area (Å²) in [6, 6.07) is 1.59. The third-order valence-electron chi connectivity index (χ3n) is 1.42. The highest BCUT2D eigenvalue weighted by molar-refractivity contribution is 5.87. The molecule has 0 amide bonds. The molecule has 1 rings (SSSR count). The van der Waals surface area contributed by atoms with E-state index in [1.807, 2.05) is 0 Å². The lowest BCUT2D eigenvalue weighted by molar-refractivity contribution is 0.0696. The Kier molecular flexibility index (Phi) is 2.58. The first-order valence-electron chi connectivity index (χ1n) is 3.52. The third-order valence-corrected chi connectivity index (χ3v) is 1.42. The van der Waals surface area contributed by atoms with E-state index in [9.17, 15) is 4.79 Å². The number of allylic oxidation sites excluding steroid dienone is 1. The minimum Gasteiger partial charge on any atom is -0.478 e. The van der Waals surface area contributed by atoms with Crippen LogP contribution < -0.4 is 0 Å². The molecule has 0 spiro atoms. The van der Waals surface area contributed by atoms with Crippen LogP contribution in [-0.4, -0.2) is 16.1 Å². The lowest BCUT2D eigenvalue weighted by atomic mass is 10.1. The van der Waals surface area contributed by atoms with Crippen LogP contribution in [0.2, 0.25) is 0 Å². The molecule has 12 heavy (non-hydrogen) atoms. The van der Waals surface area contributed by atoms with Gasteiger partial charge in [0.15, 0.2) is 0 Å². The van der Waals surface area contributed by atoms with Crippen LogP contribution in [0, 0.1) is 0 Å². The van der Waals surface area contributed by atoms with Gasteiger partial charge in [0, 0.05) is 12.4 Å².